The Kier molecular flexibility index (Phi) is 3.62. The van der Waals surface area contributed by atoms with Crippen LogP contribution in [-0.2, 0) is 20.9 Å². The zero-order chi connectivity index (χ0) is 18.4. The fraction of sp³-hybridized carbons (Fsp3) is 0.286. The molecule has 3 aliphatic rings. The second kappa shape index (κ2) is 6.03. The minimum atomic E-state index is -0.698. The van der Waals surface area contributed by atoms with Crippen LogP contribution in [0.15, 0.2) is 67.0 Å². The van der Waals surface area contributed by atoms with E-state index < -0.39 is 17.4 Å². The van der Waals surface area contributed by atoms with Gasteiger partial charge in [0, 0.05) is 24.6 Å². The summed E-state index contributed by atoms with van der Waals surface area (Å²) < 4.78 is 6.15. The lowest BCUT2D eigenvalue weighted by molar-refractivity contribution is -0.132. The Hall–Kier alpha value is -2.99. The average Bonchev–Trinajstić information content (AvgIpc) is 3.36. The van der Waals surface area contributed by atoms with Crippen molar-refractivity contribution in [3.8, 4) is 0 Å². The molecule has 1 aromatic carbocycles. The van der Waals surface area contributed by atoms with Crippen molar-refractivity contribution < 1.29 is 14.3 Å². The zero-order valence-electron chi connectivity index (χ0n) is 14.6. The van der Waals surface area contributed by atoms with Gasteiger partial charge < -0.3 is 15.0 Å². The van der Waals surface area contributed by atoms with Gasteiger partial charge in [0.2, 0.25) is 11.8 Å². The van der Waals surface area contributed by atoms with Gasteiger partial charge in [-0.1, -0.05) is 30.4 Å². The van der Waals surface area contributed by atoms with Crippen molar-refractivity contribution in [1.29, 1.82) is 0 Å². The number of para-hydroxylation sites is 1. The minimum absolute atomic E-state index is 0.0443. The first-order chi connectivity index (χ1) is 13.2. The Balaban J connectivity index is 1.38. The normalized spacial score (nSPS) is 30.6. The molecular formula is C21H19N3O3. The maximum Gasteiger partial charge on any atom is 0.234 e. The van der Waals surface area contributed by atoms with Gasteiger partial charge in [-0.2, -0.15) is 0 Å². The van der Waals surface area contributed by atoms with Gasteiger partial charge in [-0.05, 0) is 29.8 Å². The summed E-state index contributed by atoms with van der Waals surface area (Å²) in [6, 6.07) is 13.3. The van der Waals surface area contributed by atoms with Crippen LogP contribution in [0.2, 0.25) is 0 Å². The lowest BCUT2D eigenvalue weighted by Crippen LogP contribution is -2.43. The molecule has 1 N–H and O–H groups in total. The third kappa shape index (κ3) is 2.48. The molecule has 3 aliphatic heterocycles. The van der Waals surface area contributed by atoms with Gasteiger partial charge in [-0.3, -0.25) is 14.6 Å². The number of anilines is 1. The SMILES string of the molecule is O=C(NCc1ccncc1)C1C2C=CC3(CN(c4ccccc4)C(=O)C13)O2. The van der Waals surface area contributed by atoms with E-state index in [4.69, 9.17) is 4.74 Å². The van der Waals surface area contributed by atoms with Gasteiger partial charge in [0.05, 0.1) is 24.5 Å². The summed E-state index contributed by atoms with van der Waals surface area (Å²) in [5, 5.41) is 2.96. The van der Waals surface area contributed by atoms with Gasteiger partial charge in [0.25, 0.3) is 0 Å². The number of nitrogens with zero attached hydrogens (tertiary/aromatic N) is 2. The molecule has 4 heterocycles. The molecule has 2 saturated heterocycles. The second-order valence-electron chi connectivity index (χ2n) is 7.23. The van der Waals surface area contributed by atoms with Crippen LogP contribution < -0.4 is 10.2 Å². The highest BCUT2D eigenvalue weighted by molar-refractivity contribution is 6.03. The van der Waals surface area contributed by atoms with Crippen molar-refractivity contribution in [2.75, 3.05) is 11.4 Å². The van der Waals surface area contributed by atoms with E-state index in [0.717, 1.165) is 11.3 Å². The lowest BCUT2D eigenvalue weighted by Gasteiger charge is -2.23. The van der Waals surface area contributed by atoms with Gasteiger partial charge in [-0.25, -0.2) is 0 Å². The topological polar surface area (TPSA) is 71.5 Å². The number of nitrogens with one attached hydrogen (secondary N) is 1. The summed E-state index contributed by atoms with van der Waals surface area (Å²) in [5.74, 6) is -1.17. The molecule has 2 aromatic rings. The van der Waals surface area contributed by atoms with Crippen LogP contribution >= 0.6 is 0 Å². The standard InChI is InChI=1S/C21H19N3O3/c25-19(23-12-14-7-10-22-11-8-14)17-16-6-9-21(27-16)13-24(20(26)18(17)21)15-4-2-1-3-5-15/h1-11,16-18H,12-13H2,(H,23,25). The number of carbonyl (C=O) groups excluding carboxylic acids is 2. The first-order valence-electron chi connectivity index (χ1n) is 9.08. The molecule has 6 heteroatoms. The van der Waals surface area contributed by atoms with Gasteiger partial charge >= 0.3 is 0 Å². The van der Waals surface area contributed by atoms with E-state index >= 15 is 0 Å². The molecule has 0 aliphatic carbocycles. The van der Waals surface area contributed by atoms with E-state index in [-0.39, 0.29) is 17.9 Å². The summed E-state index contributed by atoms with van der Waals surface area (Å²) >= 11 is 0. The van der Waals surface area contributed by atoms with Crippen molar-refractivity contribution in [2.24, 2.45) is 11.8 Å². The molecule has 2 fully saturated rings. The van der Waals surface area contributed by atoms with Crippen LogP contribution in [0.5, 0.6) is 0 Å². The van der Waals surface area contributed by atoms with Crippen molar-refractivity contribution in [3.63, 3.8) is 0 Å². The molecule has 0 saturated carbocycles. The van der Waals surface area contributed by atoms with Crippen LogP contribution in [0.1, 0.15) is 5.56 Å². The van der Waals surface area contributed by atoms with E-state index in [0.29, 0.717) is 13.1 Å². The average molecular weight is 361 g/mol. The predicted molar refractivity (Wildman–Crippen MR) is 98.6 cm³/mol. The van der Waals surface area contributed by atoms with Gasteiger partial charge in [0.1, 0.15) is 5.60 Å². The molecular weight excluding hydrogens is 342 g/mol. The Morgan fingerprint density at radius 2 is 2.00 bits per heavy atom. The largest absolute Gasteiger partial charge is 0.360 e. The monoisotopic (exact) mass is 361 g/mol. The molecule has 1 spiro atoms. The van der Waals surface area contributed by atoms with Crippen LogP contribution in [-0.4, -0.2) is 35.0 Å². The fourth-order valence-electron chi connectivity index (χ4n) is 4.43. The van der Waals surface area contributed by atoms with Crippen LogP contribution in [0.3, 0.4) is 0 Å². The van der Waals surface area contributed by atoms with Crippen LogP contribution in [0.4, 0.5) is 5.69 Å². The summed E-state index contributed by atoms with van der Waals surface area (Å²) in [5.41, 5.74) is 1.11. The summed E-state index contributed by atoms with van der Waals surface area (Å²) in [7, 11) is 0. The molecule has 27 heavy (non-hydrogen) atoms. The first-order valence-corrected chi connectivity index (χ1v) is 9.08. The summed E-state index contributed by atoms with van der Waals surface area (Å²) in [6.07, 6.45) is 6.94. The number of benzene rings is 1. The number of hydrogen-bond donors (Lipinski definition) is 1. The quantitative estimate of drug-likeness (QED) is 0.841. The molecule has 136 valence electrons. The van der Waals surface area contributed by atoms with Gasteiger partial charge in [0.15, 0.2) is 0 Å². The number of fused-ring (bicyclic) bond motifs is 1. The number of carbonyl (C=O) groups is 2. The van der Waals surface area contributed by atoms with E-state index in [1.807, 2.05) is 54.6 Å². The number of hydrogen-bond acceptors (Lipinski definition) is 4. The number of aromatic nitrogens is 1. The van der Waals surface area contributed by atoms with Crippen molar-refractivity contribution >= 4 is 17.5 Å². The Morgan fingerprint density at radius 3 is 2.78 bits per heavy atom. The first kappa shape index (κ1) is 16.2. The maximum atomic E-state index is 13.2. The van der Waals surface area contributed by atoms with Crippen molar-refractivity contribution in [3.05, 3.63) is 72.6 Å². The summed E-state index contributed by atoms with van der Waals surface area (Å²) in [6.45, 7) is 0.853. The van der Waals surface area contributed by atoms with Crippen LogP contribution in [0.25, 0.3) is 0 Å². The van der Waals surface area contributed by atoms with Crippen LogP contribution in [0, 0.1) is 11.8 Å². The number of amides is 2. The van der Waals surface area contributed by atoms with E-state index in [2.05, 4.69) is 10.3 Å². The highest BCUT2D eigenvalue weighted by Gasteiger charge is 2.66. The second-order valence-corrected chi connectivity index (χ2v) is 7.23. The number of rotatable bonds is 4. The fourth-order valence-corrected chi connectivity index (χ4v) is 4.43. The Morgan fingerprint density at radius 1 is 1.22 bits per heavy atom. The molecule has 2 bridgehead atoms. The van der Waals surface area contributed by atoms with Crippen molar-refractivity contribution in [1.82, 2.24) is 10.3 Å². The molecule has 4 atom stereocenters. The maximum absolute atomic E-state index is 13.2. The highest BCUT2D eigenvalue weighted by atomic mass is 16.5. The molecule has 0 radical (unpaired) electrons. The predicted octanol–water partition coefficient (Wildman–Crippen LogP) is 1.68. The number of ether oxygens (including phenoxy) is 1. The van der Waals surface area contributed by atoms with E-state index in [1.165, 1.54) is 0 Å². The molecule has 1 aromatic heterocycles. The smallest absolute Gasteiger partial charge is 0.234 e. The van der Waals surface area contributed by atoms with Gasteiger partial charge in [-0.15, -0.1) is 0 Å². The third-order valence-corrected chi connectivity index (χ3v) is 5.69. The molecule has 4 unspecified atom stereocenters. The Bertz CT molecular complexity index is 915. The molecule has 2 amide bonds. The van der Waals surface area contributed by atoms with E-state index in [9.17, 15) is 9.59 Å². The highest BCUT2D eigenvalue weighted by Crippen LogP contribution is 2.52. The minimum Gasteiger partial charge on any atom is -0.360 e. The number of pyridine rings is 1. The Labute approximate surface area is 156 Å². The van der Waals surface area contributed by atoms with Crippen molar-refractivity contribution in [2.45, 2.75) is 18.2 Å². The third-order valence-electron chi connectivity index (χ3n) is 5.69. The lowest BCUT2D eigenvalue weighted by atomic mass is 9.77. The zero-order valence-corrected chi connectivity index (χ0v) is 14.6. The molecule has 6 nitrogen and oxygen atoms in total. The summed E-state index contributed by atoms with van der Waals surface area (Å²) in [4.78, 5) is 31.8. The molecule has 5 rings (SSSR count). The van der Waals surface area contributed by atoms with E-state index in [1.54, 1.807) is 17.3 Å².